The summed E-state index contributed by atoms with van der Waals surface area (Å²) in [6, 6.07) is 15.2. The van der Waals surface area contributed by atoms with Crippen LogP contribution in [-0.2, 0) is 11.2 Å². The van der Waals surface area contributed by atoms with E-state index < -0.39 is 12.0 Å². The number of carbonyl (C=O) groups is 2. The molecule has 1 unspecified atom stereocenters. The minimum atomic E-state index is -1.06. The van der Waals surface area contributed by atoms with Gasteiger partial charge in [0.15, 0.2) is 0 Å². The van der Waals surface area contributed by atoms with Gasteiger partial charge in [-0.1, -0.05) is 60.7 Å². The molecule has 1 aliphatic heterocycles. The Labute approximate surface area is 133 Å². The van der Waals surface area contributed by atoms with Gasteiger partial charge in [-0.2, -0.15) is 0 Å². The third-order valence-electron chi connectivity index (χ3n) is 3.69. The molecule has 3 rings (SSSR count). The Balaban J connectivity index is 1.95. The van der Waals surface area contributed by atoms with Crippen LogP contribution in [-0.4, -0.2) is 32.9 Å². The molecule has 2 aromatic carbocycles. The van der Waals surface area contributed by atoms with Crippen LogP contribution >= 0.6 is 12.2 Å². The molecule has 0 saturated carbocycles. The normalized spacial score (nSPS) is 14.8. The van der Waals surface area contributed by atoms with Crippen LogP contribution in [0.2, 0.25) is 0 Å². The summed E-state index contributed by atoms with van der Waals surface area (Å²) >= 11 is 5.33. The van der Waals surface area contributed by atoms with Crippen molar-refractivity contribution >= 4 is 29.1 Å². The van der Waals surface area contributed by atoms with E-state index in [1.54, 1.807) is 24.3 Å². The zero-order valence-corrected chi connectivity index (χ0v) is 12.4. The van der Waals surface area contributed by atoms with Crippen molar-refractivity contribution in [3.05, 3.63) is 71.3 Å². The number of rotatable bonds is 4. The first-order chi connectivity index (χ1) is 10.6. The number of benzene rings is 2. The van der Waals surface area contributed by atoms with Crippen molar-refractivity contribution in [2.24, 2.45) is 0 Å². The van der Waals surface area contributed by atoms with Crippen LogP contribution in [0.5, 0.6) is 0 Å². The molecule has 110 valence electrons. The Morgan fingerprint density at radius 3 is 2.23 bits per heavy atom. The third kappa shape index (κ3) is 2.40. The van der Waals surface area contributed by atoms with E-state index >= 15 is 0 Å². The lowest BCUT2D eigenvalue weighted by Gasteiger charge is -2.24. The second-order valence-electron chi connectivity index (χ2n) is 5.07. The quantitative estimate of drug-likeness (QED) is 0.882. The highest BCUT2D eigenvalue weighted by Gasteiger charge is 2.40. The Bertz CT molecular complexity index is 723. The average Bonchev–Trinajstić information content (AvgIpc) is 2.78. The summed E-state index contributed by atoms with van der Waals surface area (Å²) in [6.45, 7) is 0. The fourth-order valence-electron chi connectivity index (χ4n) is 2.62. The van der Waals surface area contributed by atoms with E-state index in [9.17, 15) is 14.7 Å². The molecule has 22 heavy (non-hydrogen) atoms. The topological polar surface area (TPSA) is 57.6 Å². The second kappa shape index (κ2) is 5.69. The number of thiocarbonyl (C=S) groups is 1. The van der Waals surface area contributed by atoms with Crippen molar-refractivity contribution < 1.29 is 14.7 Å². The lowest BCUT2D eigenvalue weighted by Crippen LogP contribution is -2.45. The first-order valence-electron chi connectivity index (χ1n) is 6.83. The molecular formula is C17H13NO3S. The Morgan fingerprint density at radius 2 is 1.64 bits per heavy atom. The highest BCUT2D eigenvalue weighted by molar-refractivity contribution is 7.80. The maximum absolute atomic E-state index is 12.5. The number of carboxylic acid groups (broad SMARTS) is 1. The Morgan fingerprint density at radius 1 is 1.05 bits per heavy atom. The number of hydrogen-bond acceptors (Lipinski definition) is 3. The van der Waals surface area contributed by atoms with Crippen molar-refractivity contribution in [3.8, 4) is 0 Å². The van der Waals surface area contributed by atoms with Gasteiger partial charge in [-0.3, -0.25) is 9.69 Å². The van der Waals surface area contributed by atoms with Crippen molar-refractivity contribution in [2.45, 2.75) is 12.5 Å². The first-order valence-corrected chi connectivity index (χ1v) is 7.24. The number of nitrogens with zero attached hydrogens (tertiary/aromatic N) is 1. The van der Waals surface area contributed by atoms with Gasteiger partial charge < -0.3 is 5.11 Å². The van der Waals surface area contributed by atoms with Crippen LogP contribution in [0.25, 0.3) is 0 Å². The smallest absolute Gasteiger partial charge is 0.327 e. The van der Waals surface area contributed by atoms with Gasteiger partial charge in [0.2, 0.25) is 0 Å². The largest absolute Gasteiger partial charge is 0.480 e. The molecule has 0 radical (unpaired) electrons. The fraction of sp³-hybridized carbons (Fsp3) is 0.118. The van der Waals surface area contributed by atoms with Gasteiger partial charge in [0.25, 0.3) is 5.91 Å². The maximum atomic E-state index is 12.5. The first kappa shape index (κ1) is 14.4. The van der Waals surface area contributed by atoms with Gasteiger partial charge in [-0.05, 0) is 11.6 Å². The van der Waals surface area contributed by atoms with Crippen LogP contribution < -0.4 is 0 Å². The standard InChI is InChI=1S/C17H13NO3S/c19-15-12-8-4-5-9-13(12)16(22)18(15)14(17(20)21)10-11-6-2-1-3-7-11/h1-9,14H,10H2,(H,20,21). The van der Waals surface area contributed by atoms with E-state index in [0.717, 1.165) is 5.56 Å². The van der Waals surface area contributed by atoms with Crippen LogP contribution in [0.4, 0.5) is 0 Å². The SMILES string of the molecule is O=C(O)C(Cc1ccccc1)N1C(=O)c2ccccc2C1=S. The summed E-state index contributed by atoms with van der Waals surface area (Å²) < 4.78 is 0. The monoisotopic (exact) mass is 311 g/mol. The van der Waals surface area contributed by atoms with Crippen molar-refractivity contribution in [1.29, 1.82) is 0 Å². The summed E-state index contributed by atoms with van der Waals surface area (Å²) in [4.78, 5) is 25.7. The summed E-state index contributed by atoms with van der Waals surface area (Å²) in [6.07, 6.45) is 0.218. The summed E-state index contributed by atoms with van der Waals surface area (Å²) in [5.74, 6) is -1.41. The van der Waals surface area contributed by atoms with Crippen molar-refractivity contribution in [3.63, 3.8) is 0 Å². The Hall–Kier alpha value is -2.53. The lowest BCUT2D eigenvalue weighted by molar-refractivity contribution is -0.141. The number of amides is 1. The molecule has 5 heteroatoms. The third-order valence-corrected chi connectivity index (χ3v) is 4.11. The molecule has 0 bridgehead atoms. The molecule has 2 aromatic rings. The second-order valence-corrected chi connectivity index (χ2v) is 5.46. The molecule has 0 saturated heterocycles. The van der Waals surface area contributed by atoms with Crippen molar-refractivity contribution in [1.82, 2.24) is 4.90 Å². The molecule has 0 aromatic heterocycles. The van der Waals surface area contributed by atoms with Gasteiger partial charge in [0.05, 0.1) is 5.56 Å². The van der Waals surface area contributed by atoms with Gasteiger partial charge in [0, 0.05) is 12.0 Å². The van der Waals surface area contributed by atoms with Gasteiger partial charge in [0.1, 0.15) is 11.0 Å². The van der Waals surface area contributed by atoms with Crippen LogP contribution in [0.15, 0.2) is 54.6 Å². The molecule has 4 nitrogen and oxygen atoms in total. The minimum Gasteiger partial charge on any atom is -0.480 e. The summed E-state index contributed by atoms with van der Waals surface area (Å²) in [5.41, 5.74) is 1.94. The lowest BCUT2D eigenvalue weighted by atomic mass is 10.0. The fourth-order valence-corrected chi connectivity index (χ4v) is 3.01. The number of aliphatic carboxylic acids is 1. The molecule has 0 aliphatic carbocycles. The zero-order valence-electron chi connectivity index (χ0n) is 11.6. The number of hydrogen-bond donors (Lipinski definition) is 1. The van der Waals surface area contributed by atoms with E-state index in [1.165, 1.54) is 4.90 Å². The van der Waals surface area contributed by atoms with Gasteiger partial charge in [-0.25, -0.2) is 4.79 Å². The molecule has 0 fully saturated rings. The Kier molecular flexibility index (Phi) is 3.73. The average molecular weight is 311 g/mol. The molecular weight excluding hydrogens is 298 g/mol. The number of carbonyl (C=O) groups excluding carboxylic acids is 1. The number of carboxylic acids is 1. The van der Waals surface area contributed by atoms with E-state index in [2.05, 4.69) is 0 Å². The highest BCUT2D eigenvalue weighted by Crippen LogP contribution is 2.26. The van der Waals surface area contributed by atoms with E-state index in [4.69, 9.17) is 12.2 Å². The molecule has 1 atom stereocenters. The molecule has 1 N–H and O–H groups in total. The van der Waals surface area contributed by atoms with Gasteiger partial charge in [-0.15, -0.1) is 0 Å². The summed E-state index contributed by atoms with van der Waals surface area (Å²) in [7, 11) is 0. The van der Waals surface area contributed by atoms with Crippen LogP contribution in [0.3, 0.4) is 0 Å². The van der Waals surface area contributed by atoms with Crippen LogP contribution in [0, 0.1) is 0 Å². The molecule has 1 heterocycles. The van der Waals surface area contributed by atoms with Crippen LogP contribution in [0.1, 0.15) is 21.5 Å². The predicted molar refractivity (Wildman–Crippen MR) is 85.9 cm³/mol. The molecule has 0 spiro atoms. The van der Waals surface area contributed by atoms with Crippen molar-refractivity contribution in [2.75, 3.05) is 0 Å². The predicted octanol–water partition coefficient (Wildman–Crippen LogP) is 2.51. The van der Waals surface area contributed by atoms with E-state index in [1.807, 2.05) is 30.3 Å². The van der Waals surface area contributed by atoms with E-state index in [0.29, 0.717) is 11.1 Å². The summed E-state index contributed by atoms with van der Waals surface area (Å²) in [5, 5.41) is 9.56. The maximum Gasteiger partial charge on any atom is 0.327 e. The zero-order chi connectivity index (χ0) is 15.7. The molecule has 1 aliphatic rings. The van der Waals surface area contributed by atoms with Gasteiger partial charge >= 0.3 is 5.97 Å². The highest BCUT2D eigenvalue weighted by atomic mass is 32.1. The molecule has 1 amide bonds. The number of fused-ring (bicyclic) bond motifs is 1. The minimum absolute atomic E-state index is 0.218. The van der Waals surface area contributed by atoms with E-state index in [-0.39, 0.29) is 17.3 Å².